The van der Waals surface area contributed by atoms with Crippen LogP contribution in [0.25, 0.3) is 0 Å². The molecule has 0 radical (unpaired) electrons. The van der Waals surface area contributed by atoms with Crippen LogP contribution in [-0.4, -0.2) is 43.9 Å². The summed E-state index contributed by atoms with van der Waals surface area (Å²) >= 11 is 0. The van der Waals surface area contributed by atoms with Gasteiger partial charge in [-0.2, -0.15) is 13.2 Å². The molecule has 6 nitrogen and oxygen atoms in total. The van der Waals surface area contributed by atoms with Crippen LogP contribution < -0.4 is 5.32 Å². The number of halogens is 3. The van der Waals surface area contributed by atoms with E-state index in [4.69, 9.17) is 5.11 Å². The molecule has 0 aliphatic heterocycles. The highest BCUT2D eigenvalue weighted by Crippen LogP contribution is 2.22. The van der Waals surface area contributed by atoms with Crippen molar-refractivity contribution in [3.63, 3.8) is 0 Å². The number of aryl methyl sites for hydroxylation is 1. The minimum atomic E-state index is -4.78. The van der Waals surface area contributed by atoms with E-state index in [2.05, 4.69) is 0 Å². The molecular weight excluding hydrogens is 351 g/mol. The number of rotatable bonds is 6. The summed E-state index contributed by atoms with van der Waals surface area (Å²) in [6.45, 7) is 1.70. The van der Waals surface area contributed by atoms with Crippen molar-refractivity contribution in [3.8, 4) is 0 Å². The normalized spacial score (nSPS) is 13.4. The van der Waals surface area contributed by atoms with Crippen LogP contribution in [-0.2, 0) is 21.1 Å². The van der Waals surface area contributed by atoms with E-state index in [9.17, 15) is 31.2 Å². The lowest BCUT2D eigenvalue weighted by molar-refractivity contribution is -0.157. The highest BCUT2D eigenvalue weighted by molar-refractivity contribution is 7.90. The SMILES string of the molecule is CCc1ccc(C(=O)NC(CC(F)(F)F)C(=O)O)cc1S(C)(=O)=O. The molecule has 0 heterocycles. The van der Waals surface area contributed by atoms with E-state index < -0.39 is 40.4 Å². The number of carbonyl (C=O) groups excluding carboxylic acids is 1. The van der Waals surface area contributed by atoms with Crippen molar-refractivity contribution in [3.05, 3.63) is 29.3 Å². The molecule has 2 N–H and O–H groups in total. The van der Waals surface area contributed by atoms with Gasteiger partial charge in [-0.05, 0) is 24.1 Å². The van der Waals surface area contributed by atoms with Gasteiger partial charge in [0.15, 0.2) is 9.84 Å². The summed E-state index contributed by atoms with van der Waals surface area (Å²) in [6, 6.07) is 1.46. The Balaban J connectivity index is 3.13. The molecule has 1 unspecified atom stereocenters. The first kappa shape index (κ1) is 19.9. The number of carbonyl (C=O) groups is 2. The monoisotopic (exact) mass is 367 g/mol. The summed E-state index contributed by atoms with van der Waals surface area (Å²) in [5.74, 6) is -2.94. The van der Waals surface area contributed by atoms with E-state index in [1.807, 2.05) is 0 Å². The summed E-state index contributed by atoms with van der Waals surface area (Å²) in [5.41, 5.74) is 0.208. The molecule has 1 aromatic carbocycles. The fourth-order valence-corrected chi connectivity index (χ4v) is 3.04. The smallest absolute Gasteiger partial charge is 0.391 e. The third kappa shape index (κ3) is 5.52. The van der Waals surface area contributed by atoms with E-state index in [1.54, 1.807) is 12.2 Å². The zero-order valence-corrected chi connectivity index (χ0v) is 13.7. The molecular formula is C14H16F3NO5S. The van der Waals surface area contributed by atoms with Gasteiger partial charge >= 0.3 is 12.1 Å². The molecule has 0 saturated carbocycles. The molecule has 0 aliphatic carbocycles. The van der Waals surface area contributed by atoms with Gasteiger partial charge in [0.05, 0.1) is 11.3 Å². The number of carboxylic acid groups (broad SMARTS) is 1. The number of hydrogen-bond donors (Lipinski definition) is 2. The molecule has 0 saturated heterocycles. The van der Waals surface area contributed by atoms with Gasteiger partial charge in [-0.15, -0.1) is 0 Å². The average molecular weight is 367 g/mol. The van der Waals surface area contributed by atoms with Crippen molar-refractivity contribution in [2.24, 2.45) is 0 Å². The zero-order valence-electron chi connectivity index (χ0n) is 12.8. The number of amides is 1. The maximum Gasteiger partial charge on any atom is 0.391 e. The van der Waals surface area contributed by atoms with Gasteiger partial charge in [0.25, 0.3) is 5.91 Å². The number of aliphatic carboxylic acids is 1. The Bertz CT molecular complexity index is 743. The lowest BCUT2D eigenvalue weighted by Crippen LogP contribution is -2.43. The summed E-state index contributed by atoms with van der Waals surface area (Å²) in [5, 5.41) is 10.5. The molecule has 10 heteroatoms. The number of alkyl halides is 3. The fraction of sp³-hybridized carbons (Fsp3) is 0.429. The first-order chi connectivity index (χ1) is 10.8. The highest BCUT2D eigenvalue weighted by Gasteiger charge is 2.36. The molecule has 0 aromatic heterocycles. The van der Waals surface area contributed by atoms with Crippen LogP contribution in [0.15, 0.2) is 23.1 Å². The average Bonchev–Trinajstić information content (AvgIpc) is 2.43. The number of carboxylic acids is 1. The fourth-order valence-electron chi connectivity index (χ4n) is 2.01. The van der Waals surface area contributed by atoms with Crippen molar-refractivity contribution in [1.82, 2.24) is 5.32 Å². The minimum Gasteiger partial charge on any atom is -0.480 e. The van der Waals surface area contributed by atoms with Gasteiger partial charge in [0.1, 0.15) is 6.04 Å². The van der Waals surface area contributed by atoms with Gasteiger partial charge in [-0.3, -0.25) is 4.79 Å². The first-order valence-electron chi connectivity index (χ1n) is 6.78. The zero-order chi connectivity index (χ0) is 18.7. The number of sulfone groups is 1. The predicted octanol–water partition coefficient (Wildman–Crippen LogP) is 1.79. The molecule has 1 amide bonds. The van der Waals surface area contributed by atoms with Crippen LogP contribution in [0.2, 0.25) is 0 Å². The van der Waals surface area contributed by atoms with E-state index in [0.717, 1.165) is 12.3 Å². The summed E-state index contributed by atoms with van der Waals surface area (Å²) in [6.07, 6.45) is -5.20. The van der Waals surface area contributed by atoms with Crippen LogP contribution in [0.4, 0.5) is 13.2 Å². The topological polar surface area (TPSA) is 101 Å². The van der Waals surface area contributed by atoms with Gasteiger partial charge in [0.2, 0.25) is 0 Å². The molecule has 0 fully saturated rings. The lowest BCUT2D eigenvalue weighted by atomic mass is 10.1. The Morgan fingerprint density at radius 1 is 1.29 bits per heavy atom. The summed E-state index contributed by atoms with van der Waals surface area (Å²) in [7, 11) is -3.65. The predicted molar refractivity (Wildman–Crippen MR) is 78.5 cm³/mol. The number of benzene rings is 1. The van der Waals surface area contributed by atoms with Crippen molar-refractivity contribution >= 4 is 21.7 Å². The van der Waals surface area contributed by atoms with Crippen LogP contribution in [0.1, 0.15) is 29.3 Å². The van der Waals surface area contributed by atoms with Crippen molar-refractivity contribution in [2.75, 3.05) is 6.26 Å². The molecule has 134 valence electrons. The second-order valence-corrected chi connectivity index (χ2v) is 7.12. The third-order valence-corrected chi connectivity index (χ3v) is 4.33. The standard InChI is InChI=1S/C14H16F3NO5S/c1-3-8-4-5-9(6-11(8)24(2,22)23)12(19)18-10(13(20)21)7-14(15,16)17/h4-6,10H,3,7H2,1-2H3,(H,18,19)(H,20,21). The summed E-state index contributed by atoms with van der Waals surface area (Å²) < 4.78 is 60.5. The Morgan fingerprint density at radius 2 is 1.88 bits per heavy atom. The Kier molecular flexibility index (Phi) is 5.99. The van der Waals surface area contributed by atoms with E-state index in [1.165, 1.54) is 12.1 Å². The maximum atomic E-state index is 12.3. The van der Waals surface area contributed by atoms with Crippen LogP contribution in [0, 0.1) is 0 Å². The molecule has 1 atom stereocenters. The molecule has 0 aliphatic rings. The van der Waals surface area contributed by atoms with Crippen LogP contribution >= 0.6 is 0 Å². The quantitative estimate of drug-likeness (QED) is 0.798. The van der Waals surface area contributed by atoms with E-state index in [-0.39, 0.29) is 10.5 Å². The number of hydrogen-bond acceptors (Lipinski definition) is 4. The Labute approximate surface area is 136 Å². The molecule has 0 bridgehead atoms. The van der Waals surface area contributed by atoms with Crippen molar-refractivity contribution in [1.29, 1.82) is 0 Å². The first-order valence-corrected chi connectivity index (χ1v) is 8.67. The van der Waals surface area contributed by atoms with E-state index >= 15 is 0 Å². The third-order valence-electron chi connectivity index (χ3n) is 3.15. The highest BCUT2D eigenvalue weighted by atomic mass is 32.2. The lowest BCUT2D eigenvalue weighted by Gasteiger charge is -2.17. The maximum absolute atomic E-state index is 12.3. The summed E-state index contributed by atoms with van der Waals surface area (Å²) in [4.78, 5) is 22.7. The van der Waals surface area contributed by atoms with Gasteiger partial charge in [0, 0.05) is 11.8 Å². The Hall–Kier alpha value is -2.10. The van der Waals surface area contributed by atoms with Gasteiger partial charge < -0.3 is 10.4 Å². The Morgan fingerprint density at radius 3 is 2.29 bits per heavy atom. The second kappa shape index (κ2) is 7.20. The van der Waals surface area contributed by atoms with Crippen LogP contribution in [0.3, 0.4) is 0 Å². The van der Waals surface area contributed by atoms with Crippen molar-refractivity contribution in [2.45, 2.75) is 36.9 Å². The molecule has 0 spiro atoms. The minimum absolute atomic E-state index is 0.125. The van der Waals surface area contributed by atoms with Crippen molar-refractivity contribution < 1.29 is 36.3 Å². The van der Waals surface area contributed by atoms with Crippen LogP contribution in [0.5, 0.6) is 0 Å². The molecule has 24 heavy (non-hydrogen) atoms. The number of nitrogens with one attached hydrogen (secondary N) is 1. The second-order valence-electron chi connectivity index (χ2n) is 5.13. The molecule has 1 aromatic rings. The van der Waals surface area contributed by atoms with Gasteiger partial charge in [-0.1, -0.05) is 13.0 Å². The molecule has 1 rings (SSSR count). The largest absolute Gasteiger partial charge is 0.480 e. The van der Waals surface area contributed by atoms with E-state index in [0.29, 0.717) is 12.0 Å². The van der Waals surface area contributed by atoms with Gasteiger partial charge in [-0.25, -0.2) is 13.2 Å².